The van der Waals surface area contributed by atoms with E-state index in [-0.39, 0.29) is 12.8 Å². The first-order valence-electron chi connectivity index (χ1n) is 5.13. The van der Waals surface area contributed by atoms with E-state index in [1.54, 1.807) is 13.8 Å². The van der Waals surface area contributed by atoms with Crippen molar-refractivity contribution < 1.29 is 19.4 Å². The molecule has 0 saturated heterocycles. The van der Waals surface area contributed by atoms with Crippen molar-refractivity contribution in [3.05, 3.63) is 22.9 Å². The van der Waals surface area contributed by atoms with Gasteiger partial charge in [0.15, 0.2) is 6.04 Å². The Kier molecular flexibility index (Phi) is 3.72. The smallest absolute Gasteiger partial charge is 0.349 e. The first-order valence-corrected chi connectivity index (χ1v) is 5.13. The maximum Gasteiger partial charge on any atom is 0.349 e. The standard InChI is InChI=1S/C10H15N3O4/c1-6-7(2)13(17)5-12(6)8(10(15)16)3-4-9(11)14/h5,8H,3-4H2,1-2H3,(H2,11,14)(H,15,16)/t8-/m1/s1. The van der Waals surface area contributed by atoms with Crippen LogP contribution in [0.3, 0.4) is 0 Å². The predicted octanol–water partition coefficient (Wildman–Crippen LogP) is -0.370. The molecule has 0 aliphatic heterocycles. The number of hydrogen-bond acceptors (Lipinski definition) is 3. The van der Waals surface area contributed by atoms with Gasteiger partial charge < -0.3 is 16.0 Å². The van der Waals surface area contributed by atoms with Crippen LogP contribution in [-0.4, -0.2) is 21.6 Å². The van der Waals surface area contributed by atoms with Crippen molar-refractivity contribution in [2.45, 2.75) is 32.7 Å². The van der Waals surface area contributed by atoms with Gasteiger partial charge in [-0.25, -0.2) is 14.1 Å². The second kappa shape index (κ2) is 4.86. The van der Waals surface area contributed by atoms with Gasteiger partial charge in [-0.3, -0.25) is 4.79 Å². The molecular weight excluding hydrogens is 226 g/mol. The molecular formula is C10H15N3O4. The Balaban J connectivity index is 3.01. The van der Waals surface area contributed by atoms with Crippen molar-refractivity contribution in [1.82, 2.24) is 4.57 Å². The van der Waals surface area contributed by atoms with Crippen molar-refractivity contribution in [2.24, 2.45) is 5.73 Å². The van der Waals surface area contributed by atoms with Crippen LogP contribution in [0.1, 0.15) is 30.3 Å². The van der Waals surface area contributed by atoms with Crippen molar-refractivity contribution in [3.8, 4) is 0 Å². The minimum absolute atomic E-state index is 0.0352. The number of amides is 1. The molecule has 1 aromatic rings. The first kappa shape index (κ1) is 13.0. The summed E-state index contributed by atoms with van der Waals surface area (Å²) in [4.78, 5) is 21.8. The van der Waals surface area contributed by atoms with Crippen LogP contribution in [0.2, 0.25) is 0 Å². The van der Waals surface area contributed by atoms with Crippen LogP contribution < -0.4 is 10.5 Å². The molecule has 0 bridgehead atoms. The average Bonchev–Trinajstić information content (AvgIpc) is 2.46. The molecule has 1 amide bonds. The molecule has 17 heavy (non-hydrogen) atoms. The predicted molar refractivity (Wildman–Crippen MR) is 58.0 cm³/mol. The zero-order valence-corrected chi connectivity index (χ0v) is 9.71. The number of imidazole rings is 1. The largest absolute Gasteiger partial charge is 0.711 e. The Hall–Kier alpha value is -2.05. The molecule has 1 aromatic heterocycles. The highest BCUT2D eigenvalue weighted by Gasteiger charge is 2.28. The summed E-state index contributed by atoms with van der Waals surface area (Å²) < 4.78 is 1.96. The van der Waals surface area contributed by atoms with E-state index in [4.69, 9.17) is 10.8 Å². The van der Waals surface area contributed by atoms with Gasteiger partial charge in [-0.2, -0.15) is 0 Å². The van der Waals surface area contributed by atoms with Crippen molar-refractivity contribution >= 4 is 11.9 Å². The summed E-state index contributed by atoms with van der Waals surface area (Å²) in [5, 5.41) is 20.4. The third kappa shape index (κ3) is 2.74. The Morgan fingerprint density at radius 2 is 2.18 bits per heavy atom. The molecule has 1 atom stereocenters. The highest BCUT2D eigenvalue weighted by Crippen LogP contribution is 2.17. The minimum atomic E-state index is -1.09. The summed E-state index contributed by atoms with van der Waals surface area (Å²) in [7, 11) is 0. The molecule has 0 aromatic carbocycles. The fraction of sp³-hybridized carbons (Fsp3) is 0.500. The summed E-state index contributed by atoms with van der Waals surface area (Å²) in [5.41, 5.74) is 5.99. The second-order valence-corrected chi connectivity index (χ2v) is 3.88. The van der Waals surface area contributed by atoms with Crippen LogP contribution in [0, 0.1) is 19.1 Å². The van der Waals surface area contributed by atoms with Gasteiger partial charge in [-0.15, -0.1) is 0 Å². The van der Waals surface area contributed by atoms with Gasteiger partial charge in [-0.1, -0.05) is 0 Å². The van der Waals surface area contributed by atoms with Gasteiger partial charge in [0.25, 0.3) is 0 Å². The van der Waals surface area contributed by atoms with Gasteiger partial charge >= 0.3 is 5.97 Å². The molecule has 0 aliphatic carbocycles. The molecule has 1 rings (SSSR count). The van der Waals surface area contributed by atoms with E-state index in [0.717, 1.165) is 0 Å². The van der Waals surface area contributed by atoms with Gasteiger partial charge in [0.1, 0.15) is 11.4 Å². The molecule has 0 radical (unpaired) electrons. The highest BCUT2D eigenvalue weighted by atomic mass is 16.5. The number of carbonyl (C=O) groups excluding carboxylic acids is 1. The number of nitrogens with zero attached hydrogens (tertiary/aromatic N) is 2. The number of carbonyl (C=O) groups is 2. The lowest BCUT2D eigenvalue weighted by Crippen LogP contribution is -2.27. The van der Waals surface area contributed by atoms with Crippen LogP contribution in [-0.2, 0) is 9.59 Å². The number of primary amides is 1. The fourth-order valence-corrected chi connectivity index (χ4v) is 1.61. The number of hydrogen-bond donors (Lipinski definition) is 2. The first-order chi connectivity index (χ1) is 7.84. The maximum atomic E-state index is 11.3. The lowest BCUT2D eigenvalue weighted by atomic mass is 10.1. The zero-order chi connectivity index (χ0) is 13.2. The van der Waals surface area contributed by atoms with E-state index in [0.29, 0.717) is 16.1 Å². The molecule has 0 fully saturated rings. The topological polar surface area (TPSA) is 112 Å². The van der Waals surface area contributed by atoms with E-state index < -0.39 is 17.9 Å². The van der Waals surface area contributed by atoms with E-state index in [1.165, 1.54) is 10.9 Å². The van der Waals surface area contributed by atoms with E-state index >= 15 is 0 Å². The lowest BCUT2D eigenvalue weighted by Gasteiger charge is -2.09. The summed E-state index contributed by atoms with van der Waals surface area (Å²) in [6.45, 7) is 3.26. The quantitative estimate of drug-likeness (QED) is 0.541. The molecule has 7 nitrogen and oxygen atoms in total. The SMILES string of the molecule is Cc1c(C)[n+]([O-])cn1[C@H](CCC(N)=O)C(=O)O. The van der Waals surface area contributed by atoms with Gasteiger partial charge in [-0.05, 0) is 0 Å². The Bertz CT molecular complexity index is 453. The van der Waals surface area contributed by atoms with Gasteiger partial charge in [0, 0.05) is 26.7 Å². The summed E-state index contributed by atoms with van der Waals surface area (Å²) in [5.74, 6) is -1.65. The minimum Gasteiger partial charge on any atom is -0.711 e. The average molecular weight is 241 g/mol. The zero-order valence-electron chi connectivity index (χ0n) is 9.71. The molecule has 7 heteroatoms. The Morgan fingerprint density at radius 3 is 2.53 bits per heavy atom. The fourth-order valence-electron chi connectivity index (χ4n) is 1.61. The van der Waals surface area contributed by atoms with Crippen LogP contribution in [0.4, 0.5) is 0 Å². The molecule has 94 valence electrons. The van der Waals surface area contributed by atoms with E-state index in [9.17, 15) is 14.8 Å². The maximum absolute atomic E-state index is 11.3. The third-order valence-corrected chi connectivity index (χ3v) is 2.76. The number of carboxylic acid groups (broad SMARTS) is 1. The third-order valence-electron chi connectivity index (χ3n) is 2.76. The molecule has 0 spiro atoms. The second-order valence-electron chi connectivity index (χ2n) is 3.88. The number of aliphatic carboxylic acids is 1. The Labute approximate surface area is 98.0 Å². The van der Waals surface area contributed by atoms with E-state index in [1.807, 2.05) is 0 Å². The molecule has 0 unspecified atom stereocenters. The molecule has 3 N–H and O–H groups in total. The molecule has 1 heterocycles. The van der Waals surface area contributed by atoms with Crippen molar-refractivity contribution in [3.63, 3.8) is 0 Å². The monoisotopic (exact) mass is 241 g/mol. The van der Waals surface area contributed by atoms with Crippen LogP contribution in [0.5, 0.6) is 0 Å². The Morgan fingerprint density at radius 1 is 1.59 bits per heavy atom. The van der Waals surface area contributed by atoms with Crippen molar-refractivity contribution in [1.29, 1.82) is 0 Å². The summed E-state index contributed by atoms with van der Waals surface area (Å²) in [6, 6.07) is -0.948. The summed E-state index contributed by atoms with van der Waals surface area (Å²) in [6.07, 6.45) is 1.20. The van der Waals surface area contributed by atoms with Gasteiger partial charge in [0.2, 0.25) is 12.2 Å². The molecule has 0 saturated carbocycles. The summed E-state index contributed by atoms with van der Waals surface area (Å²) >= 11 is 0. The number of aromatic nitrogens is 2. The normalized spacial score (nSPS) is 12.4. The van der Waals surface area contributed by atoms with Crippen LogP contribution >= 0.6 is 0 Å². The highest BCUT2D eigenvalue weighted by molar-refractivity contribution is 5.76. The van der Waals surface area contributed by atoms with E-state index in [2.05, 4.69) is 0 Å². The van der Waals surface area contributed by atoms with Crippen molar-refractivity contribution in [2.75, 3.05) is 0 Å². The molecule has 0 aliphatic rings. The lowest BCUT2D eigenvalue weighted by molar-refractivity contribution is -0.611. The van der Waals surface area contributed by atoms with Crippen LogP contribution in [0.25, 0.3) is 0 Å². The number of carboxylic acids is 1. The van der Waals surface area contributed by atoms with Gasteiger partial charge in [0.05, 0.1) is 0 Å². The number of nitrogens with two attached hydrogens (primary N) is 1. The van der Waals surface area contributed by atoms with Crippen LogP contribution in [0.15, 0.2) is 6.33 Å². The number of rotatable bonds is 5.